The maximum absolute atomic E-state index is 12.1. The molecule has 1 aliphatic heterocycles. The van der Waals surface area contributed by atoms with E-state index in [1.54, 1.807) is 18.3 Å². The van der Waals surface area contributed by atoms with Crippen LogP contribution in [0, 0.1) is 5.92 Å². The molecule has 0 aromatic carbocycles. The van der Waals surface area contributed by atoms with Gasteiger partial charge in [-0.1, -0.05) is 11.6 Å². The van der Waals surface area contributed by atoms with Crippen LogP contribution in [0.1, 0.15) is 24.8 Å². The fourth-order valence-electron chi connectivity index (χ4n) is 3.13. The second kappa shape index (κ2) is 7.95. The van der Waals surface area contributed by atoms with Crippen molar-refractivity contribution in [3.05, 3.63) is 41.6 Å². The summed E-state index contributed by atoms with van der Waals surface area (Å²) in [6.07, 6.45) is 6.14. The van der Waals surface area contributed by atoms with Gasteiger partial charge in [0, 0.05) is 25.6 Å². The van der Waals surface area contributed by atoms with Crippen molar-refractivity contribution in [1.29, 1.82) is 0 Å². The fourth-order valence-corrected chi connectivity index (χ4v) is 3.25. The van der Waals surface area contributed by atoms with Gasteiger partial charge in [-0.15, -0.1) is 0 Å². The molecule has 1 aliphatic rings. The lowest BCUT2D eigenvalue weighted by atomic mass is 9.90. The minimum atomic E-state index is -0.561. The van der Waals surface area contributed by atoms with E-state index in [-0.39, 0.29) is 11.8 Å². The summed E-state index contributed by atoms with van der Waals surface area (Å²) in [4.78, 5) is 22.5. The molecule has 1 amide bonds. The first-order chi connectivity index (χ1) is 12.0. The molecule has 1 atom stereocenters. The van der Waals surface area contributed by atoms with Gasteiger partial charge in [0.25, 0.3) is 0 Å². The Hall–Kier alpha value is -1.96. The number of hydrogen-bond donors (Lipinski definition) is 2. The minimum Gasteiger partial charge on any atom is -0.385 e. The highest BCUT2D eigenvalue weighted by atomic mass is 35.5. The van der Waals surface area contributed by atoms with Crippen molar-refractivity contribution >= 4 is 23.3 Å². The third kappa shape index (κ3) is 4.56. The number of nitrogens with zero attached hydrogens (tertiary/aromatic N) is 4. The lowest BCUT2D eigenvalue weighted by Crippen LogP contribution is -2.40. The molecule has 0 bridgehead atoms. The Bertz CT molecular complexity index is 710. The molecular weight excluding hydrogens is 342 g/mol. The van der Waals surface area contributed by atoms with Gasteiger partial charge >= 0.3 is 0 Å². The van der Waals surface area contributed by atoms with E-state index in [4.69, 9.17) is 11.6 Å². The molecule has 8 heteroatoms. The summed E-state index contributed by atoms with van der Waals surface area (Å²) in [5.41, 5.74) is 0. The van der Waals surface area contributed by atoms with E-state index in [1.165, 1.54) is 6.20 Å². The van der Waals surface area contributed by atoms with Gasteiger partial charge in [0.15, 0.2) is 0 Å². The standard InChI is InChI=1S/C17H22ClN5O2/c1-22-9-6-19-17(22)16(25)12-4-7-23(8-5-12)11-15(24)21-14-3-2-13(18)10-20-14/h2-3,6,9-10,12,16,25H,4-5,7-8,11H2,1H3,(H,20,21,24). The average molecular weight is 364 g/mol. The van der Waals surface area contributed by atoms with E-state index in [0.29, 0.717) is 23.2 Å². The molecule has 25 heavy (non-hydrogen) atoms. The fraction of sp³-hybridized carbons (Fsp3) is 0.471. The van der Waals surface area contributed by atoms with Crippen LogP contribution in [0.5, 0.6) is 0 Å². The highest BCUT2D eigenvalue weighted by molar-refractivity contribution is 6.30. The molecule has 0 saturated carbocycles. The Labute approximate surface area is 151 Å². The molecule has 0 aliphatic carbocycles. The number of nitrogens with one attached hydrogen (secondary N) is 1. The van der Waals surface area contributed by atoms with Crippen molar-refractivity contribution in [2.24, 2.45) is 13.0 Å². The molecule has 2 aromatic heterocycles. The monoisotopic (exact) mass is 363 g/mol. The number of carbonyl (C=O) groups excluding carboxylic acids is 1. The maximum atomic E-state index is 12.1. The summed E-state index contributed by atoms with van der Waals surface area (Å²) >= 11 is 5.78. The van der Waals surface area contributed by atoms with E-state index in [9.17, 15) is 9.90 Å². The number of aliphatic hydroxyl groups excluding tert-OH is 1. The Morgan fingerprint density at radius 2 is 2.16 bits per heavy atom. The molecule has 1 saturated heterocycles. The normalized spacial score (nSPS) is 17.4. The van der Waals surface area contributed by atoms with Crippen LogP contribution in [0.15, 0.2) is 30.7 Å². The van der Waals surface area contributed by atoms with Gasteiger partial charge in [-0.05, 0) is 44.0 Å². The van der Waals surface area contributed by atoms with Crippen LogP contribution in [0.25, 0.3) is 0 Å². The summed E-state index contributed by atoms with van der Waals surface area (Å²) in [6, 6.07) is 3.37. The van der Waals surface area contributed by atoms with E-state index in [2.05, 4.69) is 20.2 Å². The Balaban J connectivity index is 1.46. The Morgan fingerprint density at radius 3 is 2.76 bits per heavy atom. The second-order valence-corrected chi connectivity index (χ2v) is 6.80. The summed E-state index contributed by atoms with van der Waals surface area (Å²) in [6.45, 7) is 1.86. The average Bonchev–Trinajstić information content (AvgIpc) is 3.03. The van der Waals surface area contributed by atoms with Crippen molar-refractivity contribution in [2.75, 3.05) is 25.0 Å². The van der Waals surface area contributed by atoms with E-state index in [1.807, 2.05) is 17.8 Å². The van der Waals surface area contributed by atoms with Crippen molar-refractivity contribution in [3.8, 4) is 0 Å². The number of imidazole rings is 1. The largest absolute Gasteiger partial charge is 0.385 e. The number of halogens is 1. The molecule has 0 radical (unpaired) electrons. The van der Waals surface area contributed by atoms with Crippen LogP contribution < -0.4 is 5.32 Å². The molecule has 0 spiro atoms. The molecule has 1 fully saturated rings. The highest BCUT2D eigenvalue weighted by Crippen LogP contribution is 2.29. The maximum Gasteiger partial charge on any atom is 0.239 e. The number of aryl methyl sites for hydroxylation is 1. The Kier molecular flexibility index (Phi) is 5.67. The van der Waals surface area contributed by atoms with Crippen LogP contribution in [0.2, 0.25) is 5.02 Å². The zero-order valence-corrected chi connectivity index (χ0v) is 14.9. The summed E-state index contributed by atoms with van der Waals surface area (Å²) in [5.74, 6) is 1.26. The van der Waals surface area contributed by atoms with Gasteiger partial charge in [0.2, 0.25) is 5.91 Å². The van der Waals surface area contributed by atoms with Crippen LogP contribution >= 0.6 is 11.6 Å². The first-order valence-electron chi connectivity index (χ1n) is 8.32. The minimum absolute atomic E-state index is 0.0991. The molecule has 2 aromatic rings. The quantitative estimate of drug-likeness (QED) is 0.847. The zero-order valence-electron chi connectivity index (χ0n) is 14.1. The van der Waals surface area contributed by atoms with Crippen molar-refractivity contribution in [3.63, 3.8) is 0 Å². The van der Waals surface area contributed by atoms with Gasteiger partial charge < -0.3 is 15.0 Å². The molecule has 2 N–H and O–H groups in total. The second-order valence-electron chi connectivity index (χ2n) is 6.36. The number of pyridine rings is 1. The van der Waals surface area contributed by atoms with Crippen LogP contribution in [-0.2, 0) is 11.8 Å². The topological polar surface area (TPSA) is 83.3 Å². The third-order valence-corrected chi connectivity index (χ3v) is 4.79. The van der Waals surface area contributed by atoms with Crippen LogP contribution in [-0.4, -0.2) is 50.1 Å². The van der Waals surface area contributed by atoms with Gasteiger partial charge in [0.1, 0.15) is 17.7 Å². The predicted molar refractivity (Wildman–Crippen MR) is 95.2 cm³/mol. The number of aromatic nitrogens is 3. The summed E-state index contributed by atoms with van der Waals surface area (Å²) in [5, 5.41) is 13.8. The molecule has 134 valence electrons. The molecule has 3 rings (SSSR count). The lowest BCUT2D eigenvalue weighted by molar-refractivity contribution is -0.117. The first kappa shape index (κ1) is 17.8. The number of anilines is 1. The van der Waals surface area contributed by atoms with E-state index < -0.39 is 6.10 Å². The number of rotatable bonds is 5. The van der Waals surface area contributed by atoms with Gasteiger partial charge in [-0.2, -0.15) is 0 Å². The number of amides is 1. The van der Waals surface area contributed by atoms with E-state index >= 15 is 0 Å². The van der Waals surface area contributed by atoms with Crippen LogP contribution in [0.3, 0.4) is 0 Å². The van der Waals surface area contributed by atoms with Gasteiger partial charge in [-0.3, -0.25) is 9.69 Å². The number of piperidine rings is 1. The van der Waals surface area contributed by atoms with Gasteiger partial charge in [-0.25, -0.2) is 9.97 Å². The Morgan fingerprint density at radius 1 is 1.40 bits per heavy atom. The van der Waals surface area contributed by atoms with E-state index in [0.717, 1.165) is 25.9 Å². The molecule has 1 unspecified atom stereocenters. The van der Waals surface area contributed by atoms with Crippen molar-refractivity contribution < 1.29 is 9.90 Å². The SMILES string of the molecule is Cn1ccnc1C(O)C1CCN(CC(=O)Nc2ccc(Cl)cn2)CC1. The van der Waals surface area contributed by atoms with Gasteiger partial charge in [0.05, 0.1) is 11.6 Å². The highest BCUT2D eigenvalue weighted by Gasteiger charge is 2.29. The smallest absolute Gasteiger partial charge is 0.239 e. The first-order valence-corrected chi connectivity index (χ1v) is 8.70. The predicted octanol–water partition coefficient (Wildman–Crippen LogP) is 1.85. The number of aliphatic hydroxyl groups is 1. The van der Waals surface area contributed by atoms with Crippen LogP contribution in [0.4, 0.5) is 5.82 Å². The number of carbonyl (C=O) groups is 1. The molecule has 7 nitrogen and oxygen atoms in total. The summed E-state index contributed by atoms with van der Waals surface area (Å²) < 4.78 is 1.85. The molecule has 3 heterocycles. The van der Waals surface area contributed by atoms with Crippen molar-refractivity contribution in [1.82, 2.24) is 19.4 Å². The third-order valence-electron chi connectivity index (χ3n) is 4.56. The number of likely N-dealkylation sites (tertiary alicyclic amines) is 1. The zero-order chi connectivity index (χ0) is 17.8. The summed E-state index contributed by atoms with van der Waals surface area (Å²) in [7, 11) is 1.88. The lowest BCUT2D eigenvalue weighted by Gasteiger charge is -2.33. The molecular formula is C17H22ClN5O2. The van der Waals surface area contributed by atoms with Crippen molar-refractivity contribution in [2.45, 2.75) is 18.9 Å². The number of hydrogen-bond acceptors (Lipinski definition) is 5.